The van der Waals surface area contributed by atoms with Crippen LogP contribution in [-0.2, 0) is 0 Å². The molecule has 3 rings (SSSR count). The van der Waals surface area contributed by atoms with Crippen molar-refractivity contribution in [1.82, 2.24) is 5.32 Å². The van der Waals surface area contributed by atoms with Crippen molar-refractivity contribution in [3.05, 3.63) is 65.5 Å². The van der Waals surface area contributed by atoms with Crippen LogP contribution in [0.1, 0.15) is 43.0 Å². The number of ether oxygens (including phenoxy) is 1. The summed E-state index contributed by atoms with van der Waals surface area (Å²) < 4.78 is 19.7. The van der Waals surface area contributed by atoms with Gasteiger partial charge in [0.25, 0.3) is 0 Å². The number of fused-ring (bicyclic) bond motifs is 1. The minimum atomic E-state index is -0.141. The summed E-state index contributed by atoms with van der Waals surface area (Å²) >= 11 is 0. The predicted octanol–water partition coefficient (Wildman–Crippen LogP) is 4.39. The molecule has 0 amide bonds. The van der Waals surface area contributed by atoms with Crippen LogP contribution in [0.5, 0.6) is 5.75 Å². The van der Waals surface area contributed by atoms with Gasteiger partial charge >= 0.3 is 0 Å². The Morgan fingerprint density at radius 3 is 2.76 bits per heavy atom. The van der Waals surface area contributed by atoms with Crippen LogP contribution in [0.2, 0.25) is 0 Å². The van der Waals surface area contributed by atoms with E-state index in [-0.39, 0.29) is 17.9 Å². The smallest absolute Gasteiger partial charge is 0.127 e. The fourth-order valence-electron chi connectivity index (χ4n) is 2.94. The Kier molecular flexibility index (Phi) is 4.20. The second-order valence-electron chi connectivity index (χ2n) is 5.38. The van der Waals surface area contributed by atoms with Gasteiger partial charge in [-0.1, -0.05) is 43.3 Å². The molecule has 0 spiro atoms. The van der Waals surface area contributed by atoms with Crippen molar-refractivity contribution in [2.75, 3.05) is 6.61 Å². The minimum absolute atomic E-state index is 0.0161. The molecule has 1 aliphatic rings. The third kappa shape index (κ3) is 2.93. The van der Waals surface area contributed by atoms with E-state index in [0.717, 1.165) is 24.2 Å². The van der Waals surface area contributed by atoms with Gasteiger partial charge in [-0.25, -0.2) is 4.39 Å². The molecule has 0 fully saturated rings. The first-order valence-corrected chi connectivity index (χ1v) is 7.51. The molecule has 0 radical (unpaired) electrons. The molecule has 0 aromatic heterocycles. The van der Waals surface area contributed by atoms with Gasteiger partial charge in [0.1, 0.15) is 11.6 Å². The van der Waals surface area contributed by atoms with Crippen LogP contribution in [-0.4, -0.2) is 6.61 Å². The number of halogens is 1. The largest absolute Gasteiger partial charge is 0.493 e. The van der Waals surface area contributed by atoms with Crippen LogP contribution in [0.4, 0.5) is 4.39 Å². The summed E-state index contributed by atoms with van der Waals surface area (Å²) in [7, 11) is 0. The van der Waals surface area contributed by atoms with Gasteiger partial charge in [-0.05, 0) is 18.6 Å². The van der Waals surface area contributed by atoms with E-state index in [1.165, 1.54) is 11.6 Å². The van der Waals surface area contributed by atoms with Crippen molar-refractivity contribution in [3.8, 4) is 5.75 Å². The fraction of sp³-hybridized carbons (Fsp3) is 0.333. The molecule has 0 aliphatic carbocycles. The Balaban J connectivity index is 1.84. The molecule has 2 aromatic rings. The number of rotatable bonds is 4. The van der Waals surface area contributed by atoms with E-state index >= 15 is 0 Å². The standard InChI is InChI=1S/C18H20FNO/c1-2-16(13-7-3-5-9-15(13)19)20-17-11-12-21-18-10-6-4-8-14(17)18/h3-10,16-17,20H,2,11-12H2,1H3. The molecule has 21 heavy (non-hydrogen) atoms. The van der Waals surface area contributed by atoms with Crippen LogP contribution >= 0.6 is 0 Å². The average molecular weight is 285 g/mol. The van der Waals surface area contributed by atoms with Gasteiger partial charge < -0.3 is 10.1 Å². The maximum atomic E-state index is 14.0. The number of hydrogen-bond donors (Lipinski definition) is 1. The van der Waals surface area contributed by atoms with Crippen molar-refractivity contribution in [1.29, 1.82) is 0 Å². The molecule has 0 bridgehead atoms. The third-order valence-electron chi connectivity index (χ3n) is 4.05. The SMILES string of the molecule is CCC(NC1CCOc2ccccc21)c1ccccc1F. The predicted molar refractivity (Wildman–Crippen MR) is 81.9 cm³/mol. The van der Waals surface area contributed by atoms with E-state index in [1.807, 2.05) is 30.3 Å². The van der Waals surface area contributed by atoms with E-state index in [4.69, 9.17) is 4.74 Å². The lowest BCUT2D eigenvalue weighted by Crippen LogP contribution is -2.30. The molecule has 2 nitrogen and oxygen atoms in total. The van der Waals surface area contributed by atoms with Crippen LogP contribution in [0.15, 0.2) is 48.5 Å². The molecule has 3 heteroatoms. The van der Waals surface area contributed by atoms with Gasteiger partial charge in [0.15, 0.2) is 0 Å². The summed E-state index contributed by atoms with van der Waals surface area (Å²) in [6, 6.07) is 15.3. The van der Waals surface area contributed by atoms with E-state index in [9.17, 15) is 4.39 Å². The number of hydrogen-bond acceptors (Lipinski definition) is 2. The highest BCUT2D eigenvalue weighted by Gasteiger charge is 2.24. The molecule has 110 valence electrons. The maximum Gasteiger partial charge on any atom is 0.127 e. The summed E-state index contributed by atoms with van der Waals surface area (Å²) in [6.45, 7) is 2.78. The van der Waals surface area contributed by atoms with E-state index in [0.29, 0.717) is 6.61 Å². The fourth-order valence-corrected chi connectivity index (χ4v) is 2.94. The summed E-state index contributed by atoms with van der Waals surface area (Å²) in [5, 5.41) is 3.60. The summed E-state index contributed by atoms with van der Waals surface area (Å²) in [5.41, 5.74) is 1.91. The average Bonchev–Trinajstić information content (AvgIpc) is 2.53. The van der Waals surface area contributed by atoms with Crippen LogP contribution in [0, 0.1) is 5.82 Å². The molecular weight excluding hydrogens is 265 g/mol. The van der Waals surface area contributed by atoms with Gasteiger partial charge in [0.2, 0.25) is 0 Å². The van der Waals surface area contributed by atoms with Crippen molar-refractivity contribution < 1.29 is 9.13 Å². The highest BCUT2D eigenvalue weighted by molar-refractivity contribution is 5.37. The lowest BCUT2D eigenvalue weighted by atomic mass is 9.96. The van der Waals surface area contributed by atoms with Gasteiger partial charge in [-0.3, -0.25) is 0 Å². The van der Waals surface area contributed by atoms with Crippen molar-refractivity contribution in [2.24, 2.45) is 0 Å². The first kappa shape index (κ1) is 14.1. The first-order chi connectivity index (χ1) is 10.3. The highest BCUT2D eigenvalue weighted by atomic mass is 19.1. The lowest BCUT2D eigenvalue weighted by molar-refractivity contribution is 0.242. The maximum absolute atomic E-state index is 14.0. The van der Waals surface area contributed by atoms with Crippen LogP contribution in [0.25, 0.3) is 0 Å². The van der Waals surface area contributed by atoms with Gasteiger partial charge in [-0.2, -0.15) is 0 Å². The first-order valence-electron chi connectivity index (χ1n) is 7.51. The zero-order valence-electron chi connectivity index (χ0n) is 12.2. The topological polar surface area (TPSA) is 21.3 Å². The Morgan fingerprint density at radius 2 is 1.95 bits per heavy atom. The molecule has 2 atom stereocenters. The quantitative estimate of drug-likeness (QED) is 0.899. The number of para-hydroxylation sites is 1. The molecule has 2 aromatic carbocycles. The number of benzene rings is 2. The number of nitrogens with one attached hydrogen (secondary N) is 1. The summed E-state index contributed by atoms with van der Waals surface area (Å²) in [4.78, 5) is 0. The molecule has 1 N–H and O–H groups in total. The Bertz CT molecular complexity index is 614. The Morgan fingerprint density at radius 1 is 1.19 bits per heavy atom. The highest BCUT2D eigenvalue weighted by Crippen LogP contribution is 2.34. The summed E-state index contributed by atoms with van der Waals surface area (Å²) in [6.07, 6.45) is 1.75. The van der Waals surface area contributed by atoms with Gasteiger partial charge in [0, 0.05) is 29.6 Å². The molecule has 0 saturated heterocycles. The van der Waals surface area contributed by atoms with E-state index in [1.54, 1.807) is 6.07 Å². The van der Waals surface area contributed by atoms with Crippen LogP contribution in [0.3, 0.4) is 0 Å². The molecule has 0 saturated carbocycles. The lowest BCUT2D eigenvalue weighted by Gasteiger charge is -2.30. The second-order valence-corrected chi connectivity index (χ2v) is 5.38. The molecular formula is C18H20FNO. The monoisotopic (exact) mass is 285 g/mol. The van der Waals surface area contributed by atoms with E-state index in [2.05, 4.69) is 18.3 Å². The van der Waals surface area contributed by atoms with Crippen molar-refractivity contribution in [3.63, 3.8) is 0 Å². The molecule has 2 unspecified atom stereocenters. The zero-order valence-corrected chi connectivity index (χ0v) is 12.2. The van der Waals surface area contributed by atoms with Crippen molar-refractivity contribution in [2.45, 2.75) is 31.8 Å². The molecule has 1 aliphatic heterocycles. The van der Waals surface area contributed by atoms with E-state index < -0.39 is 0 Å². The second kappa shape index (κ2) is 6.27. The van der Waals surface area contributed by atoms with Crippen LogP contribution < -0.4 is 10.1 Å². The zero-order chi connectivity index (χ0) is 14.7. The van der Waals surface area contributed by atoms with Crippen molar-refractivity contribution >= 4 is 0 Å². The summed E-state index contributed by atoms with van der Waals surface area (Å²) in [5.74, 6) is 0.793. The molecule has 1 heterocycles. The normalized spacial score (nSPS) is 18.7. The van der Waals surface area contributed by atoms with Gasteiger partial charge in [-0.15, -0.1) is 0 Å². The van der Waals surface area contributed by atoms with Gasteiger partial charge in [0.05, 0.1) is 6.61 Å². The Hall–Kier alpha value is -1.87. The third-order valence-corrected chi connectivity index (χ3v) is 4.05. The Labute approximate surface area is 125 Å². The minimum Gasteiger partial charge on any atom is -0.493 e.